The topological polar surface area (TPSA) is 58.9 Å². The molecule has 5 heteroatoms. The molecule has 1 N–H and O–H groups in total. The average molecular weight is 171 g/mol. The maximum absolute atomic E-state index is 9.10. The first-order valence-corrected chi connectivity index (χ1v) is 4.38. The van der Waals surface area contributed by atoms with E-state index in [0.29, 0.717) is 10.9 Å². The minimum atomic E-state index is -0.573. The Morgan fingerprint density at radius 2 is 2.36 bits per heavy atom. The number of rotatable bonds is 2. The Balaban J connectivity index is 2.91. The molecule has 0 saturated heterocycles. The molecule has 1 heterocycles. The van der Waals surface area contributed by atoms with E-state index in [4.69, 9.17) is 5.11 Å². The molecule has 11 heavy (non-hydrogen) atoms. The summed E-state index contributed by atoms with van der Waals surface area (Å²) in [7, 11) is 0. The Labute approximate surface area is 69.1 Å². The lowest BCUT2D eigenvalue weighted by molar-refractivity contribution is 0.192. The second-order valence-electron chi connectivity index (χ2n) is 2.04. The van der Waals surface area contributed by atoms with E-state index in [1.54, 1.807) is 6.92 Å². The van der Waals surface area contributed by atoms with Gasteiger partial charge in [-0.15, -0.1) is 5.10 Å². The Morgan fingerprint density at radius 3 is 2.91 bits per heavy atom. The molecule has 1 aromatic heterocycles. The van der Waals surface area contributed by atoms with Crippen molar-refractivity contribution >= 4 is 11.8 Å². The molecule has 0 saturated carbocycles. The van der Waals surface area contributed by atoms with Crippen molar-refractivity contribution in [3.63, 3.8) is 0 Å². The van der Waals surface area contributed by atoms with Gasteiger partial charge in [-0.05, 0) is 13.2 Å². The third-order valence-electron chi connectivity index (χ3n) is 1.17. The van der Waals surface area contributed by atoms with Gasteiger partial charge < -0.3 is 5.11 Å². The largest absolute Gasteiger partial charge is 0.387 e. The van der Waals surface area contributed by atoms with Gasteiger partial charge in [0.25, 0.3) is 0 Å². The molecule has 0 bridgehead atoms. The van der Waals surface area contributed by atoms with Crippen LogP contribution < -0.4 is 0 Å². The van der Waals surface area contributed by atoms with Crippen LogP contribution in [-0.2, 0) is 0 Å². The zero-order chi connectivity index (χ0) is 8.27. The Bertz CT molecular complexity index is 241. The summed E-state index contributed by atoms with van der Waals surface area (Å²) in [5.41, 5.74) is 0.560. The highest BCUT2D eigenvalue weighted by molar-refractivity contribution is 7.98. The van der Waals surface area contributed by atoms with Crippen LogP contribution in [-0.4, -0.2) is 26.5 Å². The normalized spacial score (nSPS) is 13.0. The number of aromatic nitrogens is 3. The van der Waals surface area contributed by atoms with Gasteiger partial charge in [-0.3, -0.25) is 0 Å². The van der Waals surface area contributed by atoms with Crippen LogP contribution in [0.1, 0.15) is 18.7 Å². The zero-order valence-corrected chi connectivity index (χ0v) is 7.17. The van der Waals surface area contributed by atoms with E-state index >= 15 is 0 Å². The molecule has 0 fully saturated rings. The first-order chi connectivity index (χ1) is 5.24. The zero-order valence-electron chi connectivity index (χ0n) is 6.35. The number of thioether (sulfide) groups is 1. The number of nitrogens with zero attached hydrogens (tertiary/aromatic N) is 3. The minimum absolute atomic E-state index is 0.560. The Morgan fingerprint density at radius 1 is 1.64 bits per heavy atom. The van der Waals surface area contributed by atoms with Gasteiger partial charge in [-0.1, -0.05) is 11.8 Å². The van der Waals surface area contributed by atoms with Crippen LogP contribution in [0.25, 0.3) is 0 Å². The molecule has 0 amide bonds. The molecular weight excluding hydrogens is 162 g/mol. The highest BCUT2D eigenvalue weighted by atomic mass is 32.2. The van der Waals surface area contributed by atoms with Gasteiger partial charge in [0.15, 0.2) is 0 Å². The fourth-order valence-corrected chi connectivity index (χ4v) is 0.912. The van der Waals surface area contributed by atoms with Crippen LogP contribution in [0.2, 0.25) is 0 Å². The van der Waals surface area contributed by atoms with Crippen molar-refractivity contribution in [1.29, 1.82) is 0 Å². The standard InChI is InChI=1S/C6H9N3OS/c1-4(10)5-3-7-9-6(8-5)11-2/h3-4,10H,1-2H3. The monoisotopic (exact) mass is 171 g/mol. The highest BCUT2D eigenvalue weighted by Gasteiger charge is 2.03. The van der Waals surface area contributed by atoms with Crippen molar-refractivity contribution in [2.24, 2.45) is 0 Å². The smallest absolute Gasteiger partial charge is 0.209 e. The summed E-state index contributed by atoms with van der Waals surface area (Å²) in [5, 5.41) is 17.1. The van der Waals surface area contributed by atoms with Crippen molar-refractivity contribution < 1.29 is 5.11 Å². The summed E-state index contributed by atoms with van der Waals surface area (Å²) in [6, 6.07) is 0. The van der Waals surface area contributed by atoms with Gasteiger partial charge in [0.1, 0.15) is 0 Å². The van der Waals surface area contributed by atoms with Crippen LogP contribution >= 0.6 is 11.8 Å². The molecule has 1 rings (SSSR count). The molecule has 0 aliphatic rings. The van der Waals surface area contributed by atoms with E-state index in [1.807, 2.05) is 6.26 Å². The molecule has 60 valence electrons. The van der Waals surface area contributed by atoms with Crippen molar-refractivity contribution in [2.75, 3.05) is 6.26 Å². The summed E-state index contributed by atoms with van der Waals surface area (Å²) >= 11 is 1.40. The van der Waals surface area contributed by atoms with E-state index in [2.05, 4.69) is 15.2 Å². The molecule has 1 unspecified atom stereocenters. The van der Waals surface area contributed by atoms with Gasteiger partial charge in [0, 0.05) is 0 Å². The van der Waals surface area contributed by atoms with Crippen molar-refractivity contribution in [1.82, 2.24) is 15.2 Å². The lowest BCUT2D eigenvalue weighted by atomic mass is 10.3. The molecule has 0 radical (unpaired) electrons. The van der Waals surface area contributed by atoms with Crippen molar-refractivity contribution in [3.05, 3.63) is 11.9 Å². The fraction of sp³-hybridized carbons (Fsp3) is 0.500. The third kappa shape index (κ3) is 2.13. The van der Waals surface area contributed by atoms with Gasteiger partial charge in [-0.2, -0.15) is 5.10 Å². The maximum atomic E-state index is 9.10. The third-order valence-corrected chi connectivity index (χ3v) is 1.71. The molecule has 0 aliphatic heterocycles. The molecule has 4 nitrogen and oxygen atoms in total. The number of aliphatic hydroxyl groups excluding tert-OH is 1. The fourth-order valence-electron chi connectivity index (χ4n) is 0.587. The van der Waals surface area contributed by atoms with Crippen molar-refractivity contribution in [3.8, 4) is 0 Å². The van der Waals surface area contributed by atoms with Crippen molar-refractivity contribution in [2.45, 2.75) is 18.2 Å². The molecule has 1 aromatic rings. The summed E-state index contributed by atoms with van der Waals surface area (Å²) in [6.07, 6.45) is 2.75. The minimum Gasteiger partial charge on any atom is -0.387 e. The second-order valence-corrected chi connectivity index (χ2v) is 2.82. The van der Waals surface area contributed by atoms with Gasteiger partial charge >= 0.3 is 0 Å². The molecule has 0 aromatic carbocycles. The number of hydrogen-bond acceptors (Lipinski definition) is 5. The van der Waals surface area contributed by atoms with E-state index in [0.717, 1.165) is 0 Å². The molecule has 0 spiro atoms. The summed E-state index contributed by atoms with van der Waals surface area (Å²) < 4.78 is 0. The maximum Gasteiger partial charge on any atom is 0.209 e. The Kier molecular flexibility index (Phi) is 2.78. The Hall–Kier alpha value is -0.680. The van der Waals surface area contributed by atoms with Gasteiger partial charge in [-0.25, -0.2) is 4.98 Å². The summed E-state index contributed by atoms with van der Waals surface area (Å²) in [4.78, 5) is 4.03. The van der Waals surface area contributed by atoms with E-state index in [9.17, 15) is 0 Å². The first kappa shape index (κ1) is 8.42. The summed E-state index contributed by atoms with van der Waals surface area (Å²) in [5.74, 6) is 0. The first-order valence-electron chi connectivity index (χ1n) is 3.15. The van der Waals surface area contributed by atoms with Crippen LogP contribution in [0.4, 0.5) is 0 Å². The number of aliphatic hydroxyl groups is 1. The quantitative estimate of drug-likeness (QED) is 0.662. The highest BCUT2D eigenvalue weighted by Crippen LogP contribution is 2.10. The summed E-state index contributed by atoms with van der Waals surface area (Å²) in [6.45, 7) is 1.65. The lowest BCUT2D eigenvalue weighted by Gasteiger charge is -2.01. The average Bonchev–Trinajstić information content (AvgIpc) is 2.05. The number of hydrogen-bond donors (Lipinski definition) is 1. The molecule has 0 aliphatic carbocycles. The van der Waals surface area contributed by atoms with E-state index in [1.165, 1.54) is 18.0 Å². The lowest BCUT2D eigenvalue weighted by Crippen LogP contribution is -1.99. The second kappa shape index (κ2) is 3.64. The van der Waals surface area contributed by atoms with E-state index < -0.39 is 6.10 Å². The van der Waals surface area contributed by atoms with Crippen LogP contribution in [0.15, 0.2) is 11.4 Å². The molecule has 1 atom stereocenters. The molecular formula is C6H9N3OS. The van der Waals surface area contributed by atoms with Crippen LogP contribution in [0.5, 0.6) is 0 Å². The SMILES string of the molecule is CSc1nncc(C(C)O)n1. The predicted octanol–water partition coefficient (Wildman–Crippen LogP) is 0.647. The van der Waals surface area contributed by atoms with Crippen LogP contribution in [0.3, 0.4) is 0 Å². The van der Waals surface area contributed by atoms with E-state index in [-0.39, 0.29) is 0 Å². The van der Waals surface area contributed by atoms with Crippen LogP contribution in [0, 0.1) is 0 Å². The van der Waals surface area contributed by atoms with Gasteiger partial charge in [0.05, 0.1) is 18.0 Å². The van der Waals surface area contributed by atoms with Gasteiger partial charge in [0.2, 0.25) is 5.16 Å². The predicted molar refractivity (Wildman–Crippen MR) is 42.2 cm³/mol.